The van der Waals surface area contributed by atoms with E-state index >= 15 is 0 Å². The predicted octanol–water partition coefficient (Wildman–Crippen LogP) is 1.40. The standard InChI is InChI=1S/C12H19N5/c1-9-4-5-17(16-9)8-11(3)13-7-12-6-10(2)14-15-12/h4-6,11,13H,7-8H2,1-3H3,(H,14,15)/t11-/m1/s1. The summed E-state index contributed by atoms with van der Waals surface area (Å²) in [6.07, 6.45) is 2.01. The van der Waals surface area contributed by atoms with Gasteiger partial charge in [0.15, 0.2) is 0 Å². The van der Waals surface area contributed by atoms with E-state index in [1.54, 1.807) is 0 Å². The van der Waals surface area contributed by atoms with Crippen LogP contribution in [0.2, 0.25) is 0 Å². The Labute approximate surface area is 101 Å². The maximum absolute atomic E-state index is 4.36. The minimum absolute atomic E-state index is 0.367. The molecule has 0 saturated heterocycles. The van der Waals surface area contributed by atoms with E-state index in [9.17, 15) is 0 Å². The normalized spacial score (nSPS) is 12.9. The molecule has 2 aromatic rings. The lowest BCUT2D eigenvalue weighted by molar-refractivity contribution is 0.447. The highest BCUT2D eigenvalue weighted by Gasteiger charge is 2.05. The van der Waals surface area contributed by atoms with Crippen molar-refractivity contribution in [2.24, 2.45) is 0 Å². The topological polar surface area (TPSA) is 58.5 Å². The van der Waals surface area contributed by atoms with Gasteiger partial charge in [0.05, 0.1) is 17.9 Å². The molecule has 0 amide bonds. The van der Waals surface area contributed by atoms with Gasteiger partial charge in [0.25, 0.3) is 0 Å². The number of aromatic amines is 1. The van der Waals surface area contributed by atoms with Crippen molar-refractivity contribution in [2.45, 2.75) is 39.9 Å². The van der Waals surface area contributed by atoms with Gasteiger partial charge < -0.3 is 5.32 Å². The number of nitrogens with one attached hydrogen (secondary N) is 2. The summed E-state index contributed by atoms with van der Waals surface area (Å²) in [6, 6.07) is 4.44. The first-order chi connectivity index (χ1) is 8.13. The molecule has 0 bridgehead atoms. The molecule has 5 heteroatoms. The second-order valence-corrected chi connectivity index (χ2v) is 4.50. The van der Waals surface area contributed by atoms with Crippen LogP contribution in [0.15, 0.2) is 18.3 Å². The zero-order valence-electron chi connectivity index (χ0n) is 10.6. The molecule has 0 radical (unpaired) electrons. The average molecular weight is 233 g/mol. The van der Waals surface area contributed by atoms with E-state index in [2.05, 4.69) is 33.6 Å². The van der Waals surface area contributed by atoms with Crippen LogP contribution in [0.25, 0.3) is 0 Å². The quantitative estimate of drug-likeness (QED) is 0.820. The Morgan fingerprint density at radius 3 is 2.88 bits per heavy atom. The SMILES string of the molecule is Cc1ccn(C[C@@H](C)NCc2cc(C)[nH]n2)n1. The Hall–Kier alpha value is -1.62. The van der Waals surface area contributed by atoms with E-state index < -0.39 is 0 Å². The van der Waals surface area contributed by atoms with Crippen molar-refractivity contribution >= 4 is 0 Å². The van der Waals surface area contributed by atoms with E-state index in [4.69, 9.17) is 0 Å². The minimum Gasteiger partial charge on any atom is -0.307 e. The summed E-state index contributed by atoms with van der Waals surface area (Å²) in [5.41, 5.74) is 3.20. The van der Waals surface area contributed by atoms with Crippen LogP contribution in [0.5, 0.6) is 0 Å². The third kappa shape index (κ3) is 3.42. The molecule has 1 atom stereocenters. The molecule has 0 fully saturated rings. The number of aromatic nitrogens is 4. The summed E-state index contributed by atoms with van der Waals surface area (Å²) in [4.78, 5) is 0. The van der Waals surface area contributed by atoms with Crippen LogP contribution in [0, 0.1) is 13.8 Å². The molecule has 0 unspecified atom stereocenters. The Kier molecular flexibility index (Phi) is 3.58. The number of H-pyrrole nitrogens is 1. The fourth-order valence-corrected chi connectivity index (χ4v) is 1.75. The summed E-state index contributed by atoms with van der Waals surface area (Å²) in [7, 11) is 0. The maximum Gasteiger partial charge on any atom is 0.0762 e. The molecular formula is C12H19N5. The Morgan fingerprint density at radius 2 is 2.29 bits per heavy atom. The van der Waals surface area contributed by atoms with Gasteiger partial charge >= 0.3 is 0 Å². The molecule has 0 saturated carbocycles. The molecule has 0 aromatic carbocycles. The first kappa shape index (κ1) is 11.9. The van der Waals surface area contributed by atoms with Crippen molar-refractivity contribution in [3.8, 4) is 0 Å². The molecule has 2 heterocycles. The highest BCUT2D eigenvalue weighted by Crippen LogP contribution is 1.99. The lowest BCUT2D eigenvalue weighted by Crippen LogP contribution is -2.30. The van der Waals surface area contributed by atoms with Gasteiger partial charge in [-0.2, -0.15) is 10.2 Å². The van der Waals surface area contributed by atoms with Gasteiger partial charge in [-0.1, -0.05) is 0 Å². The fourth-order valence-electron chi connectivity index (χ4n) is 1.75. The second-order valence-electron chi connectivity index (χ2n) is 4.50. The largest absolute Gasteiger partial charge is 0.307 e. The van der Waals surface area contributed by atoms with Crippen LogP contribution in [-0.2, 0) is 13.1 Å². The molecule has 0 aliphatic heterocycles. The van der Waals surface area contributed by atoms with E-state index in [1.807, 2.05) is 30.8 Å². The van der Waals surface area contributed by atoms with Crippen LogP contribution in [0.4, 0.5) is 0 Å². The summed E-state index contributed by atoms with van der Waals surface area (Å²) in [6.45, 7) is 7.81. The summed E-state index contributed by atoms with van der Waals surface area (Å²) in [5, 5.41) is 14.9. The predicted molar refractivity (Wildman–Crippen MR) is 66.6 cm³/mol. The van der Waals surface area contributed by atoms with Gasteiger partial charge in [-0.15, -0.1) is 0 Å². The fraction of sp³-hybridized carbons (Fsp3) is 0.500. The molecule has 5 nitrogen and oxygen atoms in total. The van der Waals surface area contributed by atoms with Crippen molar-refractivity contribution in [1.82, 2.24) is 25.3 Å². The van der Waals surface area contributed by atoms with Crippen molar-refractivity contribution in [3.05, 3.63) is 35.4 Å². The minimum atomic E-state index is 0.367. The van der Waals surface area contributed by atoms with Crippen molar-refractivity contribution < 1.29 is 0 Å². The number of hydrogen-bond donors (Lipinski definition) is 2. The number of nitrogens with zero attached hydrogens (tertiary/aromatic N) is 3. The van der Waals surface area contributed by atoms with Crippen LogP contribution in [-0.4, -0.2) is 26.0 Å². The van der Waals surface area contributed by atoms with Gasteiger partial charge in [-0.25, -0.2) is 0 Å². The van der Waals surface area contributed by atoms with Gasteiger partial charge in [0, 0.05) is 24.5 Å². The molecule has 2 aromatic heterocycles. The Bertz CT molecular complexity index is 471. The first-order valence-electron chi connectivity index (χ1n) is 5.88. The van der Waals surface area contributed by atoms with Crippen molar-refractivity contribution in [2.75, 3.05) is 0 Å². The molecule has 0 aliphatic carbocycles. The zero-order chi connectivity index (χ0) is 12.3. The summed E-state index contributed by atoms with van der Waals surface area (Å²) >= 11 is 0. The van der Waals surface area contributed by atoms with E-state index in [0.717, 1.165) is 30.2 Å². The summed E-state index contributed by atoms with van der Waals surface area (Å²) < 4.78 is 1.96. The lowest BCUT2D eigenvalue weighted by atomic mass is 10.3. The highest BCUT2D eigenvalue weighted by atomic mass is 15.3. The third-order valence-electron chi connectivity index (χ3n) is 2.63. The average Bonchev–Trinajstić information content (AvgIpc) is 2.85. The number of hydrogen-bond acceptors (Lipinski definition) is 3. The van der Waals surface area contributed by atoms with Crippen molar-refractivity contribution in [1.29, 1.82) is 0 Å². The second kappa shape index (κ2) is 5.14. The van der Waals surface area contributed by atoms with E-state index in [-0.39, 0.29) is 0 Å². The smallest absolute Gasteiger partial charge is 0.0762 e. The van der Waals surface area contributed by atoms with E-state index in [1.165, 1.54) is 0 Å². The number of rotatable bonds is 5. The van der Waals surface area contributed by atoms with Crippen LogP contribution in [0.1, 0.15) is 24.0 Å². The van der Waals surface area contributed by atoms with Crippen LogP contribution >= 0.6 is 0 Å². The first-order valence-corrected chi connectivity index (χ1v) is 5.88. The zero-order valence-corrected chi connectivity index (χ0v) is 10.6. The molecule has 92 valence electrons. The molecular weight excluding hydrogens is 214 g/mol. The van der Waals surface area contributed by atoms with Gasteiger partial charge in [-0.3, -0.25) is 9.78 Å². The molecule has 17 heavy (non-hydrogen) atoms. The molecule has 2 N–H and O–H groups in total. The maximum atomic E-state index is 4.36. The Morgan fingerprint density at radius 1 is 1.47 bits per heavy atom. The van der Waals surface area contributed by atoms with Crippen LogP contribution < -0.4 is 5.32 Å². The van der Waals surface area contributed by atoms with Crippen molar-refractivity contribution in [3.63, 3.8) is 0 Å². The van der Waals surface area contributed by atoms with Crippen LogP contribution in [0.3, 0.4) is 0 Å². The third-order valence-corrected chi connectivity index (χ3v) is 2.63. The van der Waals surface area contributed by atoms with Gasteiger partial charge in [0.2, 0.25) is 0 Å². The number of aryl methyl sites for hydroxylation is 2. The van der Waals surface area contributed by atoms with Gasteiger partial charge in [-0.05, 0) is 32.9 Å². The molecule has 2 rings (SSSR count). The van der Waals surface area contributed by atoms with E-state index in [0.29, 0.717) is 6.04 Å². The highest BCUT2D eigenvalue weighted by molar-refractivity contribution is 5.06. The molecule has 0 aliphatic rings. The summed E-state index contributed by atoms with van der Waals surface area (Å²) in [5.74, 6) is 0. The Balaban J connectivity index is 1.79. The van der Waals surface area contributed by atoms with Gasteiger partial charge in [0.1, 0.15) is 0 Å². The molecule has 0 spiro atoms. The monoisotopic (exact) mass is 233 g/mol. The lowest BCUT2D eigenvalue weighted by Gasteiger charge is -2.12.